The van der Waals surface area contributed by atoms with Crippen LogP contribution in [-0.4, -0.2) is 49.2 Å². The van der Waals surface area contributed by atoms with E-state index in [-0.39, 0.29) is 0 Å². The van der Waals surface area contributed by atoms with Crippen molar-refractivity contribution in [2.24, 2.45) is 0 Å². The summed E-state index contributed by atoms with van der Waals surface area (Å²) < 4.78 is 5.50. The molecular weight excluding hydrogens is 286 g/mol. The molecule has 0 radical (unpaired) electrons. The van der Waals surface area contributed by atoms with E-state index in [4.69, 9.17) is 4.74 Å². The van der Waals surface area contributed by atoms with Crippen molar-refractivity contribution in [1.82, 2.24) is 9.88 Å². The molecule has 2 aromatic rings. The minimum Gasteiger partial charge on any atom is -0.494 e. The number of ether oxygens (including phenoxy) is 1. The average molecular weight is 311 g/mol. The third-order valence-electron chi connectivity index (χ3n) is 5.37. The van der Waals surface area contributed by atoms with Crippen molar-refractivity contribution in [2.45, 2.75) is 32.2 Å². The molecule has 0 aliphatic carbocycles. The molecule has 3 heterocycles. The lowest BCUT2D eigenvalue weighted by molar-refractivity contribution is 0.260. The Hall–Kier alpha value is -1.81. The van der Waals surface area contributed by atoms with Crippen molar-refractivity contribution >= 4 is 16.6 Å². The van der Waals surface area contributed by atoms with Crippen LogP contribution in [-0.2, 0) is 0 Å². The molecule has 0 amide bonds. The molecule has 122 valence electrons. The predicted molar refractivity (Wildman–Crippen MR) is 94.5 cm³/mol. The van der Waals surface area contributed by atoms with E-state index < -0.39 is 0 Å². The number of hydrogen-bond donors (Lipinski definition) is 0. The summed E-state index contributed by atoms with van der Waals surface area (Å²) in [5, 5.41) is 1.21. The summed E-state index contributed by atoms with van der Waals surface area (Å²) in [5.41, 5.74) is 3.57. The summed E-state index contributed by atoms with van der Waals surface area (Å²) in [6.45, 7) is 7.00. The second-order valence-electron chi connectivity index (χ2n) is 6.78. The lowest BCUT2D eigenvalue weighted by Gasteiger charge is -2.26. The molecule has 1 aromatic heterocycles. The van der Waals surface area contributed by atoms with E-state index >= 15 is 0 Å². The Kier molecular flexibility index (Phi) is 3.85. The minimum atomic E-state index is 0.714. The molecule has 1 atom stereocenters. The van der Waals surface area contributed by atoms with E-state index in [9.17, 15) is 0 Å². The SMILES string of the molecule is COc1cccc2c(N3CCC(N4CCCC4)C3)c(C)cnc12. The lowest BCUT2D eigenvalue weighted by Crippen LogP contribution is -2.35. The van der Waals surface area contributed by atoms with Gasteiger partial charge >= 0.3 is 0 Å². The van der Waals surface area contributed by atoms with Crippen molar-refractivity contribution in [3.63, 3.8) is 0 Å². The Morgan fingerprint density at radius 3 is 2.78 bits per heavy atom. The maximum atomic E-state index is 5.50. The average Bonchev–Trinajstić information content (AvgIpc) is 3.25. The highest BCUT2D eigenvalue weighted by Crippen LogP contribution is 2.36. The van der Waals surface area contributed by atoms with Crippen LogP contribution in [0, 0.1) is 6.92 Å². The quantitative estimate of drug-likeness (QED) is 0.870. The zero-order valence-corrected chi connectivity index (χ0v) is 14.1. The number of hydrogen-bond acceptors (Lipinski definition) is 4. The van der Waals surface area contributed by atoms with Crippen LogP contribution >= 0.6 is 0 Å². The van der Waals surface area contributed by atoms with E-state index in [0.717, 1.165) is 24.4 Å². The largest absolute Gasteiger partial charge is 0.494 e. The highest BCUT2D eigenvalue weighted by atomic mass is 16.5. The van der Waals surface area contributed by atoms with Crippen LogP contribution in [0.3, 0.4) is 0 Å². The monoisotopic (exact) mass is 311 g/mol. The Bertz CT molecular complexity index is 709. The van der Waals surface area contributed by atoms with Crippen LogP contribution in [0.25, 0.3) is 10.9 Å². The molecule has 1 aromatic carbocycles. The van der Waals surface area contributed by atoms with Crippen molar-refractivity contribution < 1.29 is 4.74 Å². The number of aryl methyl sites for hydroxylation is 1. The van der Waals surface area contributed by atoms with Gasteiger partial charge in [0.1, 0.15) is 11.3 Å². The summed E-state index contributed by atoms with van der Waals surface area (Å²) >= 11 is 0. The summed E-state index contributed by atoms with van der Waals surface area (Å²) in [4.78, 5) is 9.86. The molecule has 1 unspecified atom stereocenters. The van der Waals surface area contributed by atoms with Gasteiger partial charge in [0.15, 0.2) is 0 Å². The number of rotatable bonds is 3. The van der Waals surface area contributed by atoms with E-state index in [1.54, 1.807) is 7.11 Å². The van der Waals surface area contributed by atoms with Crippen molar-refractivity contribution in [2.75, 3.05) is 38.2 Å². The van der Waals surface area contributed by atoms with E-state index in [1.807, 2.05) is 12.3 Å². The third-order valence-corrected chi connectivity index (χ3v) is 5.37. The van der Waals surface area contributed by atoms with Crippen LogP contribution in [0.4, 0.5) is 5.69 Å². The first kappa shape index (κ1) is 14.8. The zero-order valence-electron chi connectivity index (χ0n) is 14.1. The molecule has 4 nitrogen and oxygen atoms in total. The number of methoxy groups -OCH3 is 1. The Labute approximate surface area is 138 Å². The van der Waals surface area contributed by atoms with Gasteiger partial charge in [-0.25, -0.2) is 0 Å². The topological polar surface area (TPSA) is 28.6 Å². The van der Waals surface area contributed by atoms with Crippen molar-refractivity contribution in [1.29, 1.82) is 0 Å². The van der Waals surface area contributed by atoms with Gasteiger partial charge < -0.3 is 9.64 Å². The van der Waals surface area contributed by atoms with Gasteiger partial charge in [-0.2, -0.15) is 0 Å². The van der Waals surface area contributed by atoms with Gasteiger partial charge in [0.2, 0.25) is 0 Å². The van der Waals surface area contributed by atoms with Gasteiger partial charge in [0.05, 0.1) is 12.8 Å². The normalized spacial score (nSPS) is 22.2. The third kappa shape index (κ3) is 2.55. The van der Waals surface area contributed by atoms with Crippen molar-refractivity contribution in [3.8, 4) is 5.75 Å². The zero-order chi connectivity index (χ0) is 15.8. The van der Waals surface area contributed by atoms with Crippen molar-refractivity contribution in [3.05, 3.63) is 30.0 Å². The number of para-hydroxylation sites is 1. The first-order chi connectivity index (χ1) is 11.3. The Morgan fingerprint density at radius 2 is 2.00 bits per heavy atom. The first-order valence-corrected chi connectivity index (χ1v) is 8.69. The fraction of sp³-hybridized carbons (Fsp3) is 0.526. The predicted octanol–water partition coefficient (Wildman–Crippen LogP) is 3.23. The fourth-order valence-electron chi connectivity index (χ4n) is 4.22. The maximum Gasteiger partial charge on any atom is 0.145 e. The smallest absolute Gasteiger partial charge is 0.145 e. The summed E-state index contributed by atoms with van der Waals surface area (Å²) in [5.74, 6) is 0.860. The van der Waals surface area contributed by atoms with Gasteiger partial charge in [-0.15, -0.1) is 0 Å². The van der Waals surface area contributed by atoms with E-state index in [1.165, 1.54) is 49.0 Å². The molecule has 0 saturated carbocycles. The molecule has 4 rings (SSSR count). The van der Waals surface area contributed by atoms with Gasteiger partial charge in [0.25, 0.3) is 0 Å². The molecule has 2 aliphatic heterocycles. The molecular formula is C19H25N3O. The fourth-order valence-corrected chi connectivity index (χ4v) is 4.22. The number of benzene rings is 1. The Morgan fingerprint density at radius 1 is 1.17 bits per heavy atom. The number of anilines is 1. The Balaban J connectivity index is 1.70. The number of aromatic nitrogens is 1. The van der Waals surface area contributed by atoms with Gasteiger partial charge in [0, 0.05) is 30.7 Å². The first-order valence-electron chi connectivity index (χ1n) is 8.69. The summed E-state index contributed by atoms with van der Waals surface area (Å²) in [6, 6.07) is 6.95. The second-order valence-corrected chi connectivity index (χ2v) is 6.78. The van der Waals surface area contributed by atoms with E-state index in [0.29, 0.717) is 6.04 Å². The van der Waals surface area contributed by atoms with Gasteiger partial charge in [-0.05, 0) is 50.9 Å². The maximum absolute atomic E-state index is 5.50. The molecule has 4 heteroatoms. The van der Waals surface area contributed by atoms with Crippen LogP contribution in [0.1, 0.15) is 24.8 Å². The summed E-state index contributed by atoms with van der Waals surface area (Å²) in [7, 11) is 1.72. The molecule has 0 spiro atoms. The lowest BCUT2D eigenvalue weighted by atomic mass is 10.1. The van der Waals surface area contributed by atoms with Crippen LogP contribution in [0.2, 0.25) is 0 Å². The number of likely N-dealkylation sites (tertiary alicyclic amines) is 1. The van der Waals surface area contributed by atoms with Crippen LogP contribution < -0.4 is 9.64 Å². The molecule has 0 N–H and O–H groups in total. The number of fused-ring (bicyclic) bond motifs is 1. The molecule has 0 bridgehead atoms. The standard InChI is InChI=1S/C19H25N3O/c1-14-12-20-18-16(6-5-7-17(18)23-2)19(14)22-11-8-15(13-22)21-9-3-4-10-21/h5-7,12,15H,3-4,8-11,13H2,1-2H3. The molecule has 23 heavy (non-hydrogen) atoms. The van der Waals surface area contributed by atoms with Gasteiger partial charge in [-0.1, -0.05) is 12.1 Å². The van der Waals surface area contributed by atoms with Crippen LogP contribution in [0.15, 0.2) is 24.4 Å². The number of nitrogens with zero attached hydrogens (tertiary/aromatic N) is 3. The van der Waals surface area contributed by atoms with Gasteiger partial charge in [-0.3, -0.25) is 9.88 Å². The minimum absolute atomic E-state index is 0.714. The summed E-state index contributed by atoms with van der Waals surface area (Å²) in [6.07, 6.45) is 5.99. The highest BCUT2D eigenvalue weighted by molar-refractivity contribution is 5.96. The molecule has 2 fully saturated rings. The van der Waals surface area contributed by atoms with E-state index in [2.05, 4.69) is 33.8 Å². The second kappa shape index (κ2) is 6.00. The molecule has 2 aliphatic rings. The van der Waals surface area contributed by atoms with Crippen LogP contribution in [0.5, 0.6) is 5.75 Å². The highest BCUT2D eigenvalue weighted by Gasteiger charge is 2.30. The molecule has 2 saturated heterocycles. The number of pyridine rings is 1.